The molecule has 0 radical (unpaired) electrons. The Hall–Kier alpha value is -1.11. The van der Waals surface area contributed by atoms with Gasteiger partial charge in [-0.25, -0.2) is 13.1 Å². The molecule has 32 heavy (non-hydrogen) atoms. The summed E-state index contributed by atoms with van der Waals surface area (Å²) in [5.41, 5.74) is 0.700. The average Bonchev–Trinajstić information content (AvgIpc) is 3.40. The number of methoxy groups -OCH3 is 1. The summed E-state index contributed by atoms with van der Waals surface area (Å²) in [5.74, 6) is -0.419. The highest BCUT2D eigenvalue weighted by atomic mass is 35.5. The van der Waals surface area contributed by atoms with Gasteiger partial charge in [0.15, 0.2) is 0 Å². The third-order valence-corrected chi connectivity index (χ3v) is 9.43. The van der Waals surface area contributed by atoms with Crippen LogP contribution < -0.4 is 4.72 Å². The number of nitrogens with one attached hydrogen (secondary N) is 1. The van der Waals surface area contributed by atoms with Gasteiger partial charge in [0, 0.05) is 5.02 Å². The van der Waals surface area contributed by atoms with Crippen LogP contribution in [0.3, 0.4) is 0 Å². The summed E-state index contributed by atoms with van der Waals surface area (Å²) in [4.78, 5) is 12.8. The van der Waals surface area contributed by atoms with E-state index in [1.807, 2.05) is 32.0 Å². The summed E-state index contributed by atoms with van der Waals surface area (Å²) >= 11 is 6.75. The Morgan fingerprint density at radius 1 is 1.12 bits per heavy atom. The van der Waals surface area contributed by atoms with Crippen LogP contribution in [0, 0.1) is 23.2 Å². The van der Waals surface area contributed by atoms with Crippen LogP contribution in [0.15, 0.2) is 18.2 Å². The molecule has 1 aliphatic rings. The molecule has 182 valence electrons. The minimum Gasteiger partial charge on any atom is -0.469 e. The number of carbonyl (C=O) groups is 1. The number of rotatable bonds is 7. The summed E-state index contributed by atoms with van der Waals surface area (Å²) in [6.07, 6.45) is 1.09. The third-order valence-electron chi connectivity index (χ3n) is 6.80. The zero-order chi connectivity index (χ0) is 24.9. The second-order valence-electron chi connectivity index (χ2n) is 11.7. The summed E-state index contributed by atoms with van der Waals surface area (Å²) in [7, 11) is -2.45. The lowest BCUT2D eigenvalue weighted by Gasteiger charge is -2.41. The van der Waals surface area contributed by atoms with E-state index in [9.17, 15) is 13.2 Å². The highest BCUT2D eigenvalue weighted by Gasteiger charge is 2.49. The molecule has 0 spiro atoms. The number of esters is 1. The van der Waals surface area contributed by atoms with Crippen LogP contribution in [0.2, 0.25) is 5.02 Å². The molecular formula is C25H40ClNO4S. The van der Waals surface area contributed by atoms with Crippen molar-refractivity contribution in [1.82, 2.24) is 4.72 Å². The minimum absolute atomic E-state index is 0.178. The van der Waals surface area contributed by atoms with E-state index in [-0.39, 0.29) is 11.3 Å². The van der Waals surface area contributed by atoms with Crippen molar-refractivity contribution in [3.8, 4) is 0 Å². The molecule has 0 saturated heterocycles. The first-order chi connectivity index (χ1) is 14.4. The standard InChI is InChI=1S/C25H40ClNO4S/c1-15(2)21(22(28)31-10)25(9,27-32(29,30)24(6,7)8)16-11-12-17(20(26)13-16)18-14-19(18)23(3,4)5/h11-13,15,18-19,21,27H,14H2,1-10H3/t18-,19+,21?,25?/m0/s1. The van der Waals surface area contributed by atoms with E-state index in [4.69, 9.17) is 16.3 Å². The molecule has 0 amide bonds. The SMILES string of the molecule is COC(=O)C(C(C)C)C(C)(NS(=O)(=O)C(C)(C)C)c1ccc([C@@H]2C[C@H]2C(C)(C)C)c(Cl)c1. The van der Waals surface area contributed by atoms with E-state index >= 15 is 0 Å². The normalized spacial score (nSPS) is 22.4. The van der Waals surface area contributed by atoms with E-state index in [2.05, 4.69) is 25.5 Å². The molecule has 1 aromatic carbocycles. The van der Waals surface area contributed by atoms with Gasteiger partial charge in [0.25, 0.3) is 0 Å². The minimum atomic E-state index is -3.78. The molecule has 1 saturated carbocycles. The van der Waals surface area contributed by atoms with Crippen molar-refractivity contribution < 1.29 is 17.9 Å². The Balaban J connectivity index is 2.60. The molecule has 0 aliphatic heterocycles. The number of sulfonamides is 1. The monoisotopic (exact) mass is 485 g/mol. The van der Waals surface area contributed by atoms with Crippen LogP contribution in [0.25, 0.3) is 0 Å². The van der Waals surface area contributed by atoms with Gasteiger partial charge < -0.3 is 4.74 Å². The van der Waals surface area contributed by atoms with Crippen LogP contribution in [0.4, 0.5) is 0 Å². The lowest BCUT2D eigenvalue weighted by atomic mass is 9.74. The topological polar surface area (TPSA) is 72.5 Å². The Bertz CT molecular complexity index is 959. The van der Waals surface area contributed by atoms with Gasteiger partial charge in [0.1, 0.15) is 0 Å². The fourth-order valence-corrected chi connectivity index (χ4v) is 6.11. The van der Waals surface area contributed by atoms with Crippen molar-refractivity contribution in [1.29, 1.82) is 0 Å². The number of hydrogen-bond acceptors (Lipinski definition) is 4. The molecule has 7 heteroatoms. The number of benzene rings is 1. The van der Waals surface area contributed by atoms with Crippen molar-refractivity contribution in [3.63, 3.8) is 0 Å². The van der Waals surface area contributed by atoms with Crippen molar-refractivity contribution in [2.45, 2.75) is 84.9 Å². The first-order valence-electron chi connectivity index (χ1n) is 11.3. The highest BCUT2D eigenvalue weighted by Crippen LogP contribution is 2.58. The Morgan fingerprint density at radius 3 is 2.06 bits per heavy atom. The molecule has 4 atom stereocenters. The van der Waals surface area contributed by atoms with Gasteiger partial charge >= 0.3 is 5.97 Å². The molecule has 0 aromatic heterocycles. The summed E-state index contributed by atoms with van der Waals surface area (Å²) in [5, 5.41) is 0.604. The zero-order valence-corrected chi connectivity index (χ0v) is 22.7. The van der Waals surface area contributed by atoms with Gasteiger partial charge in [-0.05, 0) is 74.5 Å². The molecule has 1 aromatic rings. The van der Waals surface area contributed by atoms with Crippen LogP contribution in [-0.4, -0.2) is 26.2 Å². The van der Waals surface area contributed by atoms with Crippen molar-refractivity contribution in [2.24, 2.45) is 23.2 Å². The van der Waals surface area contributed by atoms with Crippen LogP contribution in [0.1, 0.15) is 85.8 Å². The molecule has 2 rings (SSSR count). The number of halogens is 1. The fourth-order valence-electron chi connectivity index (χ4n) is 4.68. The van der Waals surface area contributed by atoms with E-state index in [0.29, 0.717) is 22.4 Å². The molecule has 2 unspecified atom stereocenters. The highest BCUT2D eigenvalue weighted by molar-refractivity contribution is 7.90. The predicted octanol–water partition coefficient (Wildman–Crippen LogP) is 5.87. The Morgan fingerprint density at radius 2 is 1.69 bits per heavy atom. The predicted molar refractivity (Wildman–Crippen MR) is 131 cm³/mol. The van der Waals surface area contributed by atoms with Gasteiger partial charge in [-0.2, -0.15) is 0 Å². The van der Waals surface area contributed by atoms with Gasteiger partial charge in [0.2, 0.25) is 10.0 Å². The van der Waals surface area contributed by atoms with E-state index < -0.39 is 32.2 Å². The third kappa shape index (κ3) is 5.34. The maximum Gasteiger partial charge on any atom is 0.311 e. The molecule has 0 bridgehead atoms. The lowest BCUT2D eigenvalue weighted by molar-refractivity contribution is -0.150. The number of carbonyl (C=O) groups excluding carboxylic acids is 1. The molecule has 1 N–H and O–H groups in total. The second kappa shape index (κ2) is 8.92. The number of ether oxygens (including phenoxy) is 1. The van der Waals surface area contributed by atoms with Gasteiger partial charge in [-0.15, -0.1) is 0 Å². The van der Waals surface area contributed by atoms with Crippen LogP contribution in [0.5, 0.6) is 0 Å². The van der Waals surface area contributed by atoms with E-state index in [0.717, 1.165) is 12.0 Å². The zero-order valence-electron chi connectivity index (χ0n) is 21.2. The van der Waals surface area contributed by atoms with E-state index in [1.165, 1.54) is 7.11 Å². The Labute approximate surface area is 199 Å². The van der Waals surface area contributed by atoms with Crippen molar-refractivity contribution in [2.75, 3.05) is 7.11 Å². The number of hydrogen-bond donors (Lipinski definition) is 1. The molecule has 5 nitrogen and oxygen atoms in total. The molecule has 1 fully saturated rings. The summed E-state index contributed by atoms with van der Waals surface area (Å²) in [6, 6.07) is 5.72. The smallest absolute Gasteiger partial charge is 0.311 e. The molecule has 1 aliphatic carbocycles. The molecule has 0 heterocycles. The molecular weight excluding hydrogens is 446 g/mol. The lowest BCUT2D eigenvalue weighted by Crippen LogP contribution is -2.56. The quantitative estimate of drug-likeness (QED) is 0.490. The van der Waals surface area contributed by atoms with Crippen LogP contribution >= 0.6 is 11.6 Å². The van der Waals surface area contributed by atoms with Gasteiger partial charge in [-0.3, -0.25) is 4.79 Å². The largest absolute Gasteiger partial charge is 0.469 e. The second-order valence-corrected chi connectivity index (χ2v) is 14.6. The maximum absolute atomic E-state index is 13.2. The first-order valence-corrected chi connectivity index (χ1v) is 13.1. The summed E-state index contributed by atoms with van der Waals surface area (Å²) < 4.78 is 33.3. The van der Waals surface area contributed by atoms with Gasteiger partial charge in [0.05, 0.1) is 23.3 Å². The Kier molecular flexibility index (Phi) is 7.56. The average molecular weight is 486 g/mol. The van der Waals surface area contributed by atoms with Crippen LogP contribution in [-0.2, 0) is 25.1 Å². The first kappa shape index (κ1) is 27.1. The fraction of sp³-hybridized carbons (Fsp3) is 0.720. The van der Waals surface area contributed by atoms with Crippen molar-refractivity contribution >= 4 is 27.6 Å². The summed E-state index contributed by atoms with van der Waals surface area (Å²) in [6.45, 7) is 17.1. The maximum atomic E-state index is 13.2. The van der Waals surface area contributed by atoms with E-state index in [1.54, 1.807) is 27.7 Å². The van der Waals surface area contributed by atoms with Crippen molar-refractivity contribution in [3.05, 3.63) is 34.3 Å². The van der Waals surface area contributed by atoms with Gasteiger partial charge in [-0.1, -0.05) is 58.4 Å².